The van der Waals surface area contributed by atoms with Gasteiger partial charge < -0.3 is 11.1 Å². The molecule has 1 fully saturated rings. The molecule has 1 aliphatic heterocycles. The van der Waals surface area contributed by atoms with E-state index in [1.165, 1.54) is 23.5 Å². The zero-order valence-corrected chi connectivity index (χ0v) is 13.9. The third-order valence-corrected chi connectivity index (χ3v) is 6.09. The second-order valence-electron chi connectivity index (χ2n) is 5.45. The number of fused-ring (bicyclic) bond motifs is 1. The molecule has 0 aliphatic carbocycles. The van der Waals surface area contributed by atoms with Gasteiger partial charge in [-0.25, -0.2) is 0 Å². The lowest BCUT2D eigenvalue weighted by Crippen LogP contribution is -2.38. The predicted molar refractivity (Wildman–Crippen MR) is 91.3 cm³/mol. The van der Waals surface area contributed by atoms with Crippen molar-refractivity contribution in [3.8, 4) is 0 Å². The lowest BCUT2D eigenvalue weighted by molar-refractivity contribution is 0.0943. The molecule has 1 unspecified atom stereocenters. The summed E-state index contributed by atoms with van der Waals surface area (Å²) >= 11 is 3.37. The molecular formula is C15H19N3OS2. The molecule has 0 radical (unpaired) electrons. The Morgan fingerprint density at radius 2 is 2.29 bits per heavy atom. The lowest BCUT2D eigenvalue weighted by Gasteiger charge is -2.22. The van der Waals surface area contributed by atoms with Crippen LogP contribution < -0.4 is 11.1 Å². The summed E-state index contributed by atoms with van der Waals surface area (Å²) in [5.41, 5.74) is 8.62. The maximum Gasteiger partial charge on any atom is 0.263 e. The third-order valence-electron chi connectivity index (χ3n) is 3.72. The number of nitrogen functional groups attached to an aromatic ring is 1. The first-order valence-electron chi connectivity index (χ1n) is 7.11. The highest BCUT2D eigenvalue weighted by molar-refractivity contribution is 7.99. The molecule has 2 aromatic heterocycles. The van der Waals surface area contributed by atoms with Crippen molar-refractivity contribution in [1.29, 1.82) is 0 Å². The van der Waals surface area contributed by atoms with Crippen molar-refractivity contribution in [1.82, 2.24) is 10.3 Å². The van der Waals surface area contributed by atoms with Crippen LogP contribution in [0.5, 0.6) is 0 Å². The monoisotopic (exact) mass is 321 g/mol. The molecule has 0 aromatic carbocycles. The van der Waals surface area contributed by atoms with Crippen LogP contribution >= 0.6 is 23.1 Å². The van der Waals surface area contributed by atoms with Gasteiger partial charge in [0, 0.05) is 33.3 Å². The van der Waals surface area contributed by atoms with Crippen LogP contribution in [0, 0.1) is 13.8 Å². The van der Waals surface area contributed by atoms with Gasteiger partial charge in [-0.05, 0) is 38.5 Å². The van der Waals surface area contributed by atoms with Gasteiger partial charge >= 0.3 is 0 Å². The fraction of sp³-hybridized carbons (Fsp3) is 0.467. The molecule has 1 amide bonds. The third kappa shape index (κ3) is 2.87. The van der Waals surface area contributed by atoms with Crippen LogP contribution in [0.15, 0.2) is 6.07 Å². The standard InChI is InChI=1S/C15H19N3OS2/c1-8-6-11-12(9(2)17-8)13(16)14(21-11)15(19)18-10-4-3-5-20-7-10/h6,10H,3-5,7,16H2,1-2H3,(H,18,19). The van der Waals surface area contributed by atoms with Gasteiger partial charge in [0.05, 0.1) is 5.69 Å². The summed E-state index contributed by atoms with van der Waals surface area (Å²) in [6, 6.07) is 2.26. The topological polar surface area (TPSA) is 68.0 Å². The first-order chi connectivity index (χ1) is 10.1. The molecule has 0 saturated carbocycles. The number of hydrogen-bond donors (Lipinski definition) is 2. The van der Waals surface area contributed by atoms with Crippen molar-refractivity contribution >= 4 is 44.8 Å². The quantitative estimate of drug-likeness (QED) is 0.892. The minimum Gasteiger partial charge on any atom is -0.397 e. The molecular weight excluding hydrogens is 302 g/mol. The molecule has 0 spiro atoms. The van der Waals surface area contributed by atoms with E-state index in [-0.39, 0.29) is 11.9 Å². The number of carbonyl (C=O) groups is 1. The van der Waals surface area contributed by atoms with Gasteiger partial charge in [-0.3, -0.25) is 9.78 Å². The number of thiophene rings is 1. The highest BCUT2D eigenvalue weighted by Crippen LogP contribution is 2.35. The zero-order valence-electron chi connectivity index (χ0n) is 12.2. The number of nitrogens with zero attached hydrogens (tertiary/aromatic N) is 1. The molecule has 112 valence electrons. The van der Waals surface area contributed by atoms with E-state index in [9.17, 15) is 4.79 Å². The number of aromatic nitrogens is 1. The number of amides is 1. The zero-order chi connectivity index (χ0) is 15.0. The van der Waals surface area contributed by atoms with E-state index >= 15 is 0 Å². The number of pyridine rings is 1. The number of nitrogens with two attached hydrogens (primary N) is 1. The predicted octanol–water partition coefficient (Wildman–Crippen LogP) is 3.12. The van der Waals surface area contributed by atoms with Crippen LogP contribution in [0.3, 0.4) is 0 Å². The molecule has 3 N–H and O–H groups in total. The number of aryl methyl sites for hydroxylation is 2. The molecule has 0 bridgehead atoms. The van der Waals surface area contributed by atoms with E-state index in [1.54, 1.807) is 0 Å². The van der Waals surface area contributed by atoms with E-state index in [2.05, 4.69) is 10.3 Å². The molecule has 4 nitrogen and oxygen atoms in total. The SMILES string of the molecule is Cc1cc2sc(C(=O)NC3CCCSC3)c(N)c2c(C)n1. The molecule has 21 heavy (non-hydrogen) atoms. The first-order valence-corrected chi connectivity index (χ1v) is 9.08. The van der Waals surface area contributed by atoms with E-state index in [0.29, 0.717) is 10.6 Å². The van der Waals surface area contributed by atoms with Crippen LogP contribution in [0.2, 0.25) is 0 Å². The lowest BCUT2D eigenvalue weighted by atomic mass is 10.1. The van der Waals surface area contributed by atoms with Crippen LogP contribution in [0.1, 0.15) is 33.9 Å². The number of anilines is 1. The van der Waals surface area contributed by atoms with Crippen molar-refractivity contribution in [3.05, 3.63) is 22.3 Å². The summed E-state index contributed by atoms with van der Waals surface area (Å²) in [6.45, 7) is 3.90. The van der Waals surface area contributed by atoms with Gasteiger partial charge in [0.1, 0.15) is 4.88 Å². The van der Waals surface area contributed by atoms with Gasteiger partial charge in [0.25, 0.3) is 5.91 Å². The van der Waals surface area contributed by atoms with E-state index in [1.807, 2.05) is 31.7 Å². The van der Waals surface area contributed by atoms with Crippen LogP contribution in [0.25, 0.3) is 10.1 Å². The smallest absolute Gasteiger partial charge is 0.263 e. The van der Waals surface area contributed by atoms with Gasteiger partial charge in [-0.1, -0.05) is 0 Å². The van der Waals surface area contributed by atoms with Gasteiger partial charge in [-0.15, -0.1) is 11.3 Å². The van der Waals surface area contributed by atoms with Crippen LogP contribution in [0.4, 0.5) is 5.69 Å². The summed E-state index contributed by atoms with van der Waals surface area (Å²) in [4.78, 5) is 17.6. The average molecular weight is 321 g/mol. The van der Waals surface area contributed by atoms with E-state index in [0.717, 1.165) is 33.6 Å². The maximum atomic E-state index is 12.5. The fourth-order valence-electron chi connectivity index (χ4n) is 2.75. The number of rotatable bonds is 2. The molecule has 6 heteroatoms. The van der Waals surface area contributed by atoms with Gasteiger partial charge in [-0.2, -0.15) is 11.8 Å². The summed E-state index contributed by atoms with van der Waals surface area (Å²) in [6.07, 6.45) is 2.23. The molecule has 1 saturated heterocycles. The van der Waals surface area contributed by atoms with E-state index < -0.39 is 0 Å². The largest absolute Gasteiger partial charge is 0.397 e. The van der Waals surface area contributed by atoms with Crippen molar-refractivity contribution in [2.45, 2.75) is 32.7 Å². The maximum absolute atomic E-state index is 12.5. The van der Waals surface area contributed by atoms with Crippen molar-refractivity contribution in [2.24, 2.45) is 0 Å². The first kappa shape index (κ1) is 14.7. The Bertz CT molecular complexity index is 690. The Balaban J connectivity index is 1.91. The molecule has 1 aliphatic rings. The van der Waals surface area contributed by atoms with Gasteiger partial charge in [0.2, 0.25) is 0 Å². The molecule has 3 heterocycles. The summed E-state index contributed by atoms with van der Waals surface area (Å²) in [7, 11) is 0. The minimum atomic E-state index is -0.0433. The summed E-state index contributed by atoms with van der Waals surface area (Å²) < 4.78 is 1.04. The summed E-state index contributed by atoms with van der Waals surface area (Å²) in [5, 5.41) is 4.05. The second-order valence-corrected chi connectivity index (χ2v) is 7.66. The number of hydrogen-bond acceptors (Lipinski definition) is 5. The highest BCUT2D eigenvalue weighted by atomic mass is 32.2. The Hall–Kier alpha value is -1.27. The molecule has 2 aromatic rings. The van der Waals surface area contributed by atoms with Crippen LogP contribution in [-0.2, 0) is 0 Å². The fourth-order valence-corrected chi connectivity index (χ4v) is 5.00. The van der Waals surface area contributed by atoms with E-state index in [4.69, 9.17) is 5.73 Å². The van der Waals surface area contributed by atoms with Gasteiger partial charge in [0.15, 0.2) is 0 Å². The van der Waals surface area contributed by atoms with Crippen LogP contribution in [-0.4, -0.2) is 28.4 Å². The number of nitrogens with one attached hydrogen (secondary N) is 1. The number of carbonyl (C=O) groups excluding carboxylic acids is 1. The molecule has 1 atom stereocenters. The molecule has 3 rings (SSSR count). The highest BCUT2D eigenvalue weighted by Gasteiger charge is 2.22. The van der Waals surface area contributed by atoms with Crippen molar-refractivity contribution < 1.29 is 4.79 Å². The van der Waals surface area contributed by atoms with Crippen molar-refractivity contribution in [2.75, 3.05) is 17.2 Å². The Labute approximate surface area is 132 Å². The number of thioether (sulfide) groups is 1. The summed E-state index contributed by atoms with van der Waals surface area (Å²) in [5.74, 6) is 2.15. The Morgan fingerprint density at radius 3 is 3.00 bits per heavy atom. The Kier molecular flexibility index (Phi) is 4.08. The minimum absolute atomic E-state index is 0.0433. The average Bonchev–Trinajstić information content (AvgIpc) is 2.77. The Morgan fingerprint density at radius 1 is 1.48 bits per heavy atom. The second kappa shape index (κ2) is 5.85. The normalized spacial score (nSPS) is 18.9. The van der Waals surface area contributed by atoms with Crippen molar-refractivity contribution in [3.63, 3.8) is 0 Å².